The Morgan fingerprint density at radius 1 is 0.903 bits per heavy atom. The van der Waals surface area contributed by atoms with E-state index >= 15 is 0 Å². The lowest BCUT2D eigenvalue weighted by Crippen LogP contribution is -2.45. The van der Waals surface area contributed by atoms with Crippen LogP contribution in [0.25, 0.3) is 0 Å². The molecule has 0 aliphatic heterocycles. The summed E-state index contributed by atoms with van der Waals surface area (Å²) in [6.07, 6.45) is 0.229. The molecule has 5 nitrogen and oxygen atoms in total. The molecule has 0 aliphatic rings. The Labute approximate surface area is 192 Å². The van der Waals surface area contributed by atoms with Crippen molar-refractivity contribution in [2.75, 3.05) is 5.32 Å². The van der Waals surface area contributed by atoms with Crippen molar-refractivity contribution in [1.82, 2.24) is 4.72 Å². The van der Waals surface area contributed by atoms with E-state index in [9.17, 15) is 13.2 Å². The van der Waals surface area contributed by atoms with Crippen molar-refractivity contribution in [2.24, 2.45) is 0 Å². The number of sulfonamides is 1. The molecule has 0 aliphatic carbocycles. The summed E-state index contributed by atoms with van der Waals surface area (Å²) in [7, 11) is -3.88. The fourth-order valence-corrected chi connectivity index (χ4v) is 4.55. The number of hydrogen-bond donors (Lipinski definition) is 2. The lowest BCUT2D eigenvalue weighted by molar-refractivity contribution is -0.117. The third-order valence-electron chi connectivity index (χ3n) is 4.87. The molecule has 0 saturated heterocycles. The van der Waals surface area contributed by atoms with Gasteiger partial charge in [0.2, 0.25) is 15.9 Å². The van der Waals surface area contributed by atoms with E-state index < -0.39 is 22.0 Å². The average molecular weight is 501 g/mol. The summed E-state index contributed by atoms with van der Waals surface area (Å²) in [5.41, 5.74) is 2.64. The van der Waals surface area contributed by atoms with E-state index in [0.717, 1.165) is 15.6 Å². The molecule has 1 atom stereocenters. The SMILES string of the molecule is CC(C)c1ccc(NC(=O)[C@@H](Cc2ccccc2)NS(=O)(=O)c2ccc(Br)cc2)cc1. The zero-order chi connectivity index (χ0) is 22.4. The van der Waals surface area contributed by atoms with Crippen LogP contribution in [0.2, 0.25) is 0 Å². The van der Waals surface area contributed by atoms with Crippen LogP contribution in [0.15, 0.2) is 88.2 Å². The van der Waals surface area contributed by atoms with Gasteiger partial charge in [-0.25, -0.2) is 8.42 Å². The van der Waals surface area contributed by atoms with E-state index in [0.29, 0.717) is 11.6 Å². The number of carbonyl (C=O) groups is 1. The Hall–Kier alpha value is -2.48. The van der Waals surface area contributed by atoms with Crippen LogP contribution >= 0.6 is 15.9 Å². The van der Waals surface area contributed by atoms with Crippen LogP contribution in [0.1, 0.15) is 30.9 Å². The number of hydrogen-bond acceptors (Lipinski definition) is 3. The number of anilines is 1. The van der Waals surface area contributed by atoms with E-state index in [4.69, 9.17) is 0 Å². The zero-order valence-corrected chi connectivity index (χ0v) is 19.8. The van der Waals surface area contributed by atoms with Crippen molar-refractivity contribution in [1.29, 1.82) is 0 Å². The highest BCUT2D eigenvalue weighted by molar-refractivity contribution is 9.10. The van der Waals surface area contributed by atoms with Crippen LogP contribution in [0.4, 0.5) is 5.69 Å². The van der Waals surface area contributed by atoms with Crippen LogP contribution in [-0.2, 0) is 21.2 Å². The maximum atomic E-state index is 13.1. The number of rotatable bonds is 8. The van der Waals surface area contributed by atoms with E-state index in [1.54, 1.807) is 12.1 Å². The Balaban J connectivity index is 1.83. The van der Waals surface area contributed by atoms with Gasteiger partial charge in [-0.15, -0.1) is 0 Å². The third kappa shape index (κ3) is 6.50. The van der Waals surface area contributed by atoms with Gasteiger partial charge in [0.25, 0.3) is 0 Å². The van der Waals surface area contributed by atoms with Crippen LogP contribution in [0.3, 0.4) is 0 Å². The predicted octanol–water partition coefficient (Wildman–Crippen LogP) is 5.10. The normalized spacial score (nSPS) is 12.5. The molecule has 0 fully saturated rings. The zero-order valence-electron chi connectivity index (χ0n) is 17.4. The quantitative estimate of drug-likeness (QED) is 0.451. The first kappa shape index (κ1) is 23.2. The van der Waals surface area contributed by atoms with Crippen LogP contribution in [-0.4, -0.2) is 20.4 Å². The second-order valence-electron chi connectivity index (χ2n) is 7.58. The molecule has 2 N–H and O–H groups in total. The number of benzene rings is 3. The minimum absolute atomic E-state index is 0.0999. The summed E-state index contributed by atoms with van der Waals surface area (Å²) in [6, 6.07) is 22.2. The predicted molar refractivity (Wildman–Crippen MR) is 128 cm³/mol. The molecule has 0 bridgehead atoms. The molecule has 7 heteroatoms. The minimum Gasteiger partial charge on any atom is -0.325 e. The summed E-state index contributed by atoms with van der Waals surface area (Å²) in [6.45, 7) is 4.20. The highest BCUT2D eigenvalue weighted by Crippen LogP contribution is 2.19. The summed E-state index contributed by atoms with van der Waals surface area (Å²) in [5.74, 6) is -0.0323. The molecular weight excluding hydrogens is 476 g/mol. The third-order valence-corrected chi connectivity index (χ3v) is 6.88. The molecule has 0 heterocycles. The minimum atomic E-state index is -3.88. The number of amides is 1. The lowest BCUT2D eigenvalue weighted by Gasteiger charge is -2.19. The van der Waals surface area contributed by atoms with Crippen molar-refractivity contribution in [3.05, 3.63) is 94.5 Å². The standard InChI is InChI=1S/C24H25BrN2O3S/c1-17(2)19-8-12-21(13-9-19)26-24(28)23(16-18-6-4-3-5-7-18)27-31(29,30)22-14-10-20(25)11-15-22/h3-15,17,23,27H,16H2,1-2H3,(H,26,28)/t23-/m1/s1. The molecule has 3 aromatic rings. The van der Waals surface area contributed by atoms with Crippen molar-refractivity contribution in [3.63, 3.8) is 0 Å². The molecular formula is C24H25BrN2O3S. The first-order chi connectivity index (χ1) is 14.7. The summed E-state index contributed by atoms with van der Waals surface area (Å²) in [4.78, 5) is 13.2. The maximum Gasteiger partial charge on any atom is 0.242 e. The van der Waals surface area contributed by atoms with Gasteiger partial charge in [0.15, 0.2) is 0 Å². The maximum absolute atomic E-state index is 13.1. The molecule has 0 radical (unpaired) electrons. The van der Waals surface area contributed by atoms with Gasteiger partial charge >= 0.3 is 0 Å². The summed E-state index contributed by atoms with van der Waals surface area (Å²) in [5, 5.41) is 2.84. The van der Waals surface area contributed by atoms with Crippen molar-refractivity contribution < 1.29 is 13.2 Å². The van der Waals surface area contributed by atoms with Crippen LogP contribution in [0.5, 0.6) is 0 Å². The van der Waals surface area contributed by atoms with Crippen LogP contribution in [0, 0.1) is 0 Å². The van der Waals surface area contributed by atoms with E-state index in [2.05, 4.69) is 39.8 Å². The molecule has 0 aromatic heterocycles. The largest absolute Gasteiger partial charge is 0.325 e. The summed E-state index contributed by atoms with van der Waals surface area (Å²) < 4.78 is 29.2. The molecule has 1 amide bonds. The van der Waals surface area contributed by atoms with Gasteiger partial charge in [-0.1, -0.05) is 72.2 Å². The molecule has 0 spiro atoms. The van der Waals surface area contributed by atoms with E-state index in [1.807, 2.05) is 54.6 Å². The van der Waals surface area contributed by atoms with Gasteiger partial charge in [0, 0.05) is 10.2 Å². The van der Waals surface area contributed by atoms with Gasteiger partial charge in [0.1, 0.15) is 6.04 Å². The molecule has 31 heavy (non-hydrogen) atoms. The second kappa shape index (κ2) is 10.2. The monoisotopic (exact) mass is 500 g/mol. The highest BCUT2D eigenvalue weighted by Gasteiger charge is 2.26. The van der Waals surface area contributed by atoms with Crippen molar-refractivity contribution in [2.45, 2.75) is 37.1 Å². The number of nitrogens with one attached hydrogen (secondary N) is 2. The summed E-state index contributed by atoms with van der Waals surface area (Å²) >= 11 is 3.30. The van der Waals surface area contributed by atoms with Gasteiger partial charge < -0.3 is 5.32 Å². The lowest BCUT2D eigenvalue weighted by atomic mass is 10.0. The van der Waals surface area contributed by atoms with Crippen molar-refractivity contribution >= 4 is 37.5 Å². The Morgan fingerprint density at radius 2 is 1.52 bits per heavy atom. The smallest absolute Gasteiger partial charge is 0.242 e. The first-order valence-electron chi connectivity index (χ1n) is 9.97. The van der Waals surface area contributed by atoms with Crippen LogP contribution < -0.4 is 10.0 Å². The van der Waals surface area contributed by atoms with Gasteiger partial charge in [0.05, 0.1) is 4.90 Å². The molecule has 3 aromatic carbocycles. The fourth-order valence-electron chi connectivity index (χ4n) is 3.09. The van der Waals surface area contributed by atoms with Crippen molar-refractivity contribution in [3.8, 4) is 0 Å². The molecule has 0 saturated carbocycles. The fraction of sp³-hybridized carbons (Fsp3) is 0.208. The van der Waals surface area contributed by atoms with Gasteiger partial charge in [-0.3, -0.25) is 4.79 Å². The van der Waals surface area contributed by atoms with E-state index in [1.165, 1.54) is 12.1 Å². The van der Waals surface area contributed by atoms with Gasteiger partial charge in [-0.2, -0.15) is 4.72 Å². The number of halogens is 1. The Morgan fingerprint density at radius 3 is 2.10 bits per heavy atom. The van der Waals surface area contributed by atoms with Gasteiger partial charge in [-0.05, 0) is 59.9 Å². The topological polar surface area (TPSA) is 75.3 Å². The Bertz CT molecular complexity index is 1110. The highest BCUT2D eigenvalue weighted by atomic mass is 79.9. The Kier molecular flexibility index (Phi) is 7.64. The second-order valence-corrected chi connectivity index (χ2v) is 10.2. The number of carbonyl (C=O) groups excluding carboxylic acids is 1. The first-order valence-corrected chi connectivity index (χ1v) is 12.2. The average Bonchev–Trinajstić information content (AvgIpc) is 2.74. The molecule has 0 unspecified atom stereocenters. The van der Waals surface area contributed by atoms with E-state index in [-0.39, 0.29) is 11.3 Å². The molecule has 3 rings (SSSR count). The molecule has 162 valence electrons.